The minimum Gasteiger partial charge on any atom is -0.496 e. The van der Waals surface area contributed by atoms with E-state index < -0.39 is 0 Å². The van der Waals surface area contributed by atoms with Crippen molar-refractivity contribution < 1.29 is 4.74 Å². The van der Waals surface area contributed by atoms with Crippen LogP contribution < -0.4 is 15.4 Å². The fourth-order valence-electron chi connectivity index (χ4n) is 2.45. The van der Waals surface area contributed by atoms with Crippen LogP contribution in [0.25, 0.3) is 0 Å². The summed E-state index contributed by atoms with van der Waals surface area (Å²) in [6.07, 6.45) is 2.53. The molecule has 3 rings (SSSR count). The molecule has 0 radical (unpaired) electrons. The summed E-state index contributed by atoms with van der Waals surface area (Å²) in [6.45, 7) is 0.709. The fraction of sp³-hybridized carbons (Fsp3) is 0.158. The molecule has 128 valence electrons. The van der Waals surface area contributed by atoms with Crippen molar-refractivity contribution in [1.29, 1.82) is 0 Å². The topological polar surface area (TPSA) is 59.1 Å². The maximum absolute atomic E-state index is 6.00. The van der Waals surface area contributed by atoms with Gasteiger partial charge in [-0.05, 0) is 42.3 Å². The Hall–Kier alpha value is -2.79. The first-order chi connectivity index (χ1) is 12.2. The summed E-state index contributed by atoms with van der Waals surface area (Å²) in [4.78, 5) is 8.72. The van der Waals surface area contributed by atoms with Gasteiger partial charge >= 0.3 is 0 Å². The van der Waals surface area contributed by atoms with Gasteiger partial charge in [-0.15, -0.1) is 0 Å². The zero-order valence-electron chi connectivity index (χ0n) is 13.9. The molecule has 0 unspecified atom stereocenters. The molecule has 0 spiro atoms. The maximum atomic E-state index is 6.00. The monoisotopic (exact) mass is 354 g/mol. The largest absolute Gasteiger partial charge is 0.496 e. The lowest BCUT2D eigenvalue weighted by atomic mass is 10.1. The number of para-hydroxylation sites is 1. The highest BCUT2D eigenvalue weighted by Crippen LogP contribution is 2.20. The van der Waals surface area contributed by atoms with E-state index in [-0.39, 0.29) is 0 Å². The summed E-state index contributed by atoms with van der Waals surface area (Å²) >= 11 is 6.00. The predicted octanol–water partition coefficient (Wildman–Crippen LogP) is 4.54. The lowest BCUT2D eigenvalue weighted by Crippen LogP contribution is -2.09. The summed E-state index contributed by atoms with van der Waals surface area (Å²) in [7, 11) is 1.68. The minimum absolute atomic E-state index is 0.571. The van der Waals surface area contributed by atoms with Crippen LogP contribution in [0.15, 0.2) is 60.8 Å². The lowest BCUT2D eigenvalue weighted by molar-refractivity contribution is 0.410. The van der Waals surface area contributed by atoms with Crippen LogP contribution >= 0.6 is 11.6 Å². The summed E-state index contributed by atoms with van der Waals surface area (Å²) in [5, 5.41) is 7.13. The Morgan fingerprint density at radius 1 is 1.08 bits per heavy atom. The first-order valence-electron chi connectivity index (χ1n) is 7.96. The highest BCUT2D eigenvalue weighted by molar-refractivity contribution is 6.30. The van der Waals surface area contributed by atoms with E-state index in [4.69, 9.17) is 16.3 Å². The number of hydrogen-bond donors (Lipinski definition) is 2. The molecule has 0 fully saturated rings. The van der Waals surface area contributed by atoms with Gasteiger partial charge < -0.3 is 15.4 Å². The molecule has 25 heavy (non-hydrogen) atoms. The van der Waals surface area contributed by atoms with Crippen molar-refractivity contribution in [3.8, 4) is 5.75 Å². The van der Waals surface area contributed by atoms with Gasteiger partial charge in [0.2, 0.25) is 5.95 Å². The van der Waals surface area contributed by atoms with E-state index in [1.807, 2.05) is 48.5 Å². The molecule has 0 saturated heterocycles. The van der Waals surface area contributed by atoms with E-state index in [1.54, 1.807) is 13.3 Å². The molecule has 0 atom stereocenters. The van der Waals surface area contributed by atoms with Gasteiger partial charge in [-0.3, -0.25) is 0 Å². The van der Waals surface area contributed by atoms with Crippen LogP contribution in [0.3, 0.4) is 0 Å². The Morgan fingerprint density at radius 3 is 2.80 bits per heavy atom. The second kappa shape index (κ2) is 8.35. The first kappa shape index (κ1) is 17.0. The SMILES string of the molecule is COc1ccccc1CCNc1nccc(Nc2cccc(Cl)c2)n1. The van der Waals surface area contributed by atoms with Crippen LogP contribution in [0.2, 0.25) is 5.02 Å². The smallest absolute Gasteiger partial charge is 0.224 e. The van der Waals surface area contributed by atoms with Crippen molar-refractivity contribution in [3.05, 3.63) is 71.4 Å². The average Bonchev–Trinajstić information content (AvgIpc) is 2.62. The van der Waals surface area contributed by atoms with Gasteiger partial charge in [0.15, 0.2) is 0 Å². The van der Waals surface area contributed by atoms with Crippen molar-refractivity contribution in [3.63, 3.8) is 0 Å². The molecule has 0 aliphatic carbocycles. The standard InChI is InChI=1S/C19H19ClN4O/c1-25-17-8-3-2-5-14(17)9-11-21-19-22-12-10-18(24-19)23-16-7-4-6-15(20)13-16/h2-8,10,12-13H,9,11H2,1H3,(H2,21,22,23,24). The molecule has 5 nitrogen and oxygen atoms in total. The van der Waals surface area contributed by atoms with Gasteiger partial charge in [0, 0.05) is 23.5 Å². The van der Waals surface area contributed by atoms with Gasteiger partial charge in [-0.2, -0.15) is 4.98 Å². The quantitative estimate of drug-likeness (QED) is 0.652. The number of nitrogens with zero attached hydrogens (tertiary/aromatic N) is 2. The molecule has 1 aromatic heterocycles. The first-order valence-corrected chi connectivity index (χ1v) is 8.34. The van der Waals surface area contributed by atoms with Crippen molar-refractivity contribution >= 4 is 29.1 Å². The van der Waals surface area contributed by atoms with Crippen LogP contribution in [0.5, 0.6) is 5.75 Å². The molecule has 0 amide bonds. The summed E-state index contributed by atoms with van der Waals surface area (Å²) in [5.41, 5.74) is 2.02. The molecule has 0 aliphatic rings. The highest BCUT2D eigenvalue weighted by atomic mass is 35.5. The van der Waals surface area contributed by atoms with Crippen LogP contribution in [0, 0.1) is 0 Å². The average molecular weight is 355 g/mol. The van der Waals surface area contributed by atoms with Gasteiger partial charge in [0.1, 0.15) is 11.6 Å². The Morgan fingerprint density at radius 2 is 1.96 bits per heavy atom. The molecule has 3 aromatic rings. The van der Waals surface area contributed by atoms with E-state index in [9.17, 15) is 0 Å². The number of hydrogen-bond acceptors (Lipinski definition) is 5. The van der Waals surface area contributed by atoms with Crippen molar-refractivity contribution in [2.75, 3.05) is 24.3 Å². The van der Waals surface area contributed by atoms with Crippen LogP contribution in [-0.4, -0.2) is 23.6 Å². The molecule has 0 saturated carbocycles. The molecule has 2 aromatic carbocycles. The van der Waals surface area contributed by atoms with Gasteiger partial charge in [-0.25, -0.2) is 4.98 Å². The zero-order valence-corrected chi connectivity index (χ0v) is 14.6. The number of benzene rings is 2. The third-order valence-corrected chi connectivity index (χ3v) is 3.86. The van der Waals surface area contributed by atoms with E-state index in [0.717, 1.165) is 23.4 Å². The number of rotatable bonds is 7. The summed E-state index contributed by atoms with van der Waals surface area (Å²) in [6, 6.07) is 17.3. The maximum Gasteiger partial charge on any atom is 0.224 e. The third-order valence-electron chi connectivity index (χ3n) is 3.62. The number of nitrogens with one attached hydrogen (secondary N) is 2. The second-order valence-electron chi connectivity index (χ2n) is 5.39. The van der Waals surface area contributed by atoms with Crippen molar-refractivity contribution in [2.24, 2.45) is 0 Å². The Labute approximate surface area is 152 Å². The fourth-order valence-corrected chi connectivity index (χ4v) is 2.64. The van der Waals surface area contributed by atoms with Crippen LogP contribution in [-0.2, 0) is 6.42 Å². The molecule has 1 heterocycles. The van der Waals surface area contributed by atoms with Gasteiger partial charge in [0.25, 0.3) is 0 Å². The van der Waals surface area contributed by atoms with E-state index in [1.165, 1.54) is 0 Å². The number of ether oxygens (including phenoxy) is 1. The van der Waals surface area contributed by atoms with Crippen molar-refractivity contribution in [2.45, 2.75) is 6.42 Å². The lowest BCUT2D eigenvalue weighted by Gasteiger charge is -2.10. The Bertz CT molecular complexity index is 841. The molecule has 0 aliphatic heterocycles. The highest BCUT2D eigenvalue weighted by Gasteiger charge is 2.03. The predicted molar refractivity (Wildman–Crippen MR) is 102 cm³/mol. The zero-order chi connectivity index (χ0) is 17.5. The van der Waals surface area contributed by atoms with Crippen LogP contribution in [0.1, 0.15) is 5.56 Å². The number of halogens is 1. The number of methoxy groups -OCH3 is 1. The third kappa shape index (κ3) is 4.84. The Kier molecular flexibility index (Phi) is 5.69. The van der Waals surface area contributed by atoms with E-state index >= 15 is 0 Å². The molecule has 0 bridgehead atoms. The molecule has 6 heteroatoms. The number of aromatic nitrogens is 2. The van der Waals surface area contributed by atoms with Crippen molar-refractivity contribution in [1.82, 2.24) is 9.97 Å². The molecular weight excluding hydrogens is 336 g/mol. The normalized spacial score (nSPS) is 10.3. The summed E-state index contributed by atoms with van der Waals surface area (Å²) in [5.74, 6) is 2.17. The summed E-state index contributed by atoms with van der Waals surface area (Å²) < 4.78 is 5.36. The Balaban J connectivity index is 1.60. The molecule has 2 N–H and O–H groups in total. The number of anilines is 3. The second-order valence-corrected chi connectivity index (χ2v) is 5.83. The van der Waals surface area contributed by atoms with E-state index in [0.29, 0.717) is 23.3 Å². The van der Waals surface area contributed by atoms with E-state index in [2.05, 4.69) is 26.7 Å². The van der Waals surface area contributed by atoms with Gasteiger partial charge in [0.05, 0.1) is 7.11 Å². The van der Waals surface area contributed by atoms with Gasteiger partial charge in [-0.1, -0.05) is 35.9 Å². The van der Waals surface area contributed by atoms with Crippen LogP contribution in [0.4, 0.5) is 17.5 Å². The minimum atomic E-state index is 0.571. The molecular formula is C19H19ClN4O.